The highest BCUT2D eigenvalue weighted by Gasteiger charge is 2.13. The van der Waals surface area contributed by atoms with Crippen LogP contribution in [0.5, 0.6) is 11.5 Å². The van der Waals surface area contributed by atoms with Crippen molar-refractivity contribution in [3.8, 4) is 11.5 Å². The van der Waals surface area contributed by atoms with Crippen LogP contribution in [0.4, 0.5) is 0 Å². The van der Waals surface area contributed by atoms with E-state index in [1.165, 1.54) is 48.5 Å². The number of hydrogen-bond donors (Lipinski definition) is 4. The molecule has 0 fully saturated rings. The number of amides is 4. The topological polar surface area (TPSA) is 135 Å². The maximum Gasteiger partial charge on any atom is 0.276 e. The van der Waals surface area contributed by atoms with Crippen LogP contribution in [-0.4, -0.2) is 36.8 Å². The molecule has 0 saturated heterocycles. The van der Waals surface area contributed by atoms with E-state index in [4.69, 9.17) is 55.9 Å². The lowest BCUT2D eigenvalue weighted by Gasteiger charge is -2.11. The second-order valence-corrected chi connectivity index (χ2v) is 9.00. The third-order valence-electron chi connectivity index (χ3n) is 4.55. The minimum absolute atomic E-state index is 0.154. The Hall–Kier alpha value is -3.70. The van der Waals surface area contributed by atoms with Crippen LogP contribution in [-0.2, 0) is 9.59 Å². The van der Waals surface area contributed by atoms with Crippen molar-refractivity contribution in [2.45, 2.75) is 0 Å². The van der Waals surface area contributed by atoms with E-state index in [2.05, 4.69) is 21.7 Å². The van der Waals surface area contributed by atoms with Gasteiger partial charge in [0, 0.05) is 21.2 Å². The van der Waals surface area contributed by atoms with Crippen molar-refractivity contribution >= 4 is 70.0 Å². The van der Waals surface area contributed by atoms with Crippen molar-refractivity contribution < 1.29 is 28.7 Å². The predicted molar refractivity (Wildman–Crippen MR) is 142 cm³/mol. The first-order chi connectivity index (χ1) is 18.1. The summed E-state index contributed by atoms with van der Waals surface area (Å²) in [5, 5.41) is 1.29. The maximum absolute atomic E-state index is 12.3. The number of rotatable bonds is 8. The molecule has 0 heterocycles. The molecule has 0 aliphatic heterocycles. The standard InChI is InChI=1S/C24H18Cl4N4O6/c25-15-5-7-19(17(27)9-15)37-11-21(33)29-31-23(35)13-1-2-14(4-3-13)24(36)32-30-22(34)12-38-20-8-6-16(26)10-18(20)28/h1-10H,11-12H2,(H,29,33)(H,30,34)(H,31,35)(H,32,36). The fraction of sp³-hybridized carbons (Fsp3) is 0.0833. The molecule has 0 saturated carbocycles. The van der Waals surface area contributed by atoms with Crippen LogP contribution in [0.3, 0.4) is 0 Å². The van der Waals surface area contributed by atoms with Gasteiger partial charge in [0.2, 0.25) is 0 Å². The number of hydrazine groups is 2. The van der Waals surface area contributed by atoms with Gasteiger partial charge < -0.3 is 9.47 Å². The van der Waals surface area contributed by atoms with Gasteiger partial charge in [0.15, 0.2) is 13.2 Å². The van der Waals surface area contributed by atoms with Gasteiger partial charge in [-0.05, 0) is 60.7 Å². The van der Waals surface area contributed by atoms with Crippen LogP contribution in [0, 0.1) is 0 Å². The smallest absolute Gasteiger partial charge is 0.276 e. The average Bonchev–Trinajstić information content (AvgIpc) is 2.89. The molecule has 4 amide bonds. The molecule has 14 heteroatoms. The number of hydrogen-bond acceptors (Lipinski definition) is 6. The zero-order valence-corrected chi connectivity index (χ0v) is 22.2. The molecule has 0 spiro atoms. The van der Waals surface area contributed by atoms with Gasteiger partial charge in [-0.3, -0.25) is 40.9 Å². The summed E-state index contributed by atoms with van der Waals surface area (Å²) >= 11 is 23.5. The summed E-state index contributed by atoms with van der Waals surface area (Å²) in [7, 11) is 0. The van der Waals surface area contributed by atoms with Crippen molar-refractivity contribution in [1.82, 2.24) is 21.7 Å². The molecule has 0 aliphatic rings. The van der Waals surface area contributed by atoms with E-state index in [0.717, 1.165) is 0 Å². The summed E-state index contributed by atoms with van der Waals surface area (Å²) in [4.78, 5) is 48.4. The van der Waals surface area contributed by atoms with Gasteiger partial charge in [-0.25, -0.2) is 0 Å². The van der Waals surface area contributed by atoms with Gasteiger partial charge in [0.1, 0.15) is 11.5 Å². The van der Waals surface area contributed by atoms with Crippen molar-refractivity contribution in [1.29, 1.82) is 0 Å². The fourth-order valence-electron chi connectivity index (χ4n) is 2.71. The lowest BCUT2D eigenvalue weighted by molar-refractivity contribution is -0.124. The minimum atomic E-state index is -0.640. The van der Waals surface area contributed by atoms with Gasteiger partial charge in [-0.15, -0.1) is 0 Å². The third kappa shape index (κ3) is 8.70. The summed E-state index contributed by atoms with van der Waals surface area (Å²) in [6, 6.07) is 14.5. The molecule has 3 rings (SSSR count). The van der Waals surface area contributed by atoms with E-state index in [-0.39, 0.29) is 32.7 Å². The molecule has 0 radical (unpaired) electrons. The number of benzene rings is 3. The highest BCUT2D eigenvalue weighted by Crippen LogP contribution is 2.28. The molecule has 0 atom stereocenters. The van der Waals surface area contributed by atoms with Crippen LogP contribution in [0.25, 0.3) is 0 Å². The number of ether oxygens (including phenoxy) is 2. The van der Waals surface area contributed by atoms with Crippen LogP contribution in [0.15, 0.2) is 60.7 Å². The Morgan fingerprint density at radius 2 is 0.921 bits per heavy atom. The van der Waals surface area contributed by atoms with Crippen molar-refractivity contribution in [2.24, 2.45) is 0 Å². The SMILES string of the molecule is O=C(COc1ccc(Cl)cc1Cl)NNC(=O)c1ccc(C(=O)NNC(=O)COc2ccc(Cl)cc2Cl)cc1. The molecule has 198 valence electrons. The summed E-state index contributed by atoms with van der Waals surface area (Å²) in [6.45, 7) is -0.825. The second-order valence-electron chi connectivity index (χ2n) is 7.31. The van der Waals surface area contributed by atoms with Gasteiger partial charge in [0.05, 0.1) is 10.0 Å². The highest BCUT2D eigenvalue weighted by molar-refractivity contribution is 6.36. The van der Waals surface area contributed by atoms with Crippen LogP contribution < -0.4 is 31.2 Å². The lowest BCUT2D eigenvalue weighted by atomic mass is 10.1. The Morgan fingerprint density at radius 1 is 0.553 bits per heavy atom. The lowest BCUT2D eigenvalue weighted by Crippen LogP contribution is -2.44. The zero-order chi connectivity index (χ0) is 27.7. The summed E-state index contributed by atoms with van der Waals surface area (Å²) < 4.78 is 10.5. The number of carbonyl (C=O) groups excluding carboxylic acids is 4. The normalized spacial score (nSPS) is 10.2. The Kier molecular flexibility index (Phi) is 10.4. The fourth-order valence-corrected chi connectivity index (χ4v) is 3.64. The van der Waals surface area contributed by atoms with Crippen molar-refractivity contribution in [3.63, 3.8) is 0 Å². The molecular formula is C24H18Cl4N4O6. The Bertz CT molecular complexity index is 1250. The quantitative estimate of drug-likeness (QED) is 0.289. The molecule has 10 nitrogen and oxygen atoms in total. The maximum atomic E-state index is 12.3. The first-order valence-corrected chi connectivity index (χ1v) is 12.1. The Labute approximate surface area is 236 Å². The summed E-state index contributed by atoms with van der Waals surface area (Å²) in [5.74, 6) is -2.05. The summed E-state index contributed by atoms with van der Waals surface area (Å²) in [5.41, 5.74) is 9.14. The van der Waals surface area contributed by atoms with Gasteiger partial charge >= 0.3 is 0 Å². The van der Waals surface area contributed by atoms with E-state index in [1.807, 2.05) is 0 Å². The molecule has 38 heavy (non-hydrogen) atoms. The first-order valence-electron chi connectivity index (χ1n) is 10.6. The second kappa shape index (κ2) is 13.7. The van der Waals surface area contributed by atoms with Crippen LogP contribution in [0.2, 0.25) is 20.1 Å². The molecule has 0 bridgehead atoms. The predicted octanol–water partition coefficient (Wildman–Crippen LogP) is 3.98. The largest absolute Gasteiger partial charge is 0.482 e. The molecular weight excluding hydrogens is 582 g/mol. The van der Waals surface area contributed by atoms with E-state index in [9.17, 15) is 19.2 Å². The van der Waals surface area contributed by atoms with E-state index in [0.29, 0.717) is 10.0 Å². The van der Waals surface area contributed by atoms with E-state index in [1.54, 1.807) is 12.1 Å². The number of carbonyl (C=O) groups is 4. The summed E-state index contributed by atoms with van der Waals surface area (Å²) in [6.07, 6.45) is 0. The van der Waals surface area contributed by atoms with Crippen LogP contribution in [0.1, 0.15) is 20.7 Å². The van der Waals surface area contributed by atoms with Crippen LogP contribution >= 0.6 is 46.4 Å². The minimum Gasteiger partial charge on any atom is -0.482 e. The molecule has 0 aromatic heterocycles. The highest BCUT2D eigenvalue weighted by atomic mass is 35.5. The third-order valence-corrected chi connectivity index (χ3v) is 5.61. The average molecular weight is 600 g/mol. The van der Waals surface area contributed by atoms with Gasteiger partial charge in [-0.2, -0.15) is 0 Å². The van der Waals surface area contributed by atoms with Gasteiger partial charge in [-0.1, -0.05) is 46.4 Å². The van der Waals surface area contributed by atoms with Gasteiger partial charge in [0.25, 0.3) is 23.6 Å². The zero-order valence-electron chi connectivity index (χ0n) is 19.1. The molecule has 4 N–H and O–H groups in total. The Morgan fingerprint density at radius 3 is 1.26 bits per heavy atom. The first kappa shape index (κ1) is 28.9. The van der Waals surface area contributed by atoms with Crippen molar-refractivity contribution in [2.75, 3.05) is 13.2 Å². The monoisotopic (exact) mass is 598 g/mol. The van der Waals surface area contributed by atoms with E-state index >= 15 is 0 Å². The molecule has 0 aliphatic carbocycles. The Balaban J connectivity index is 1.40. The molecule has 3 aromatic rings. The number of halogens is 4. The van der Waals surface area contributed by atoms with E-state index < -0.39 is 36.8 Å². The molecule has 3 aromatic carbocycles. The molecule has 0 unspecified atom stereocenters. The van der Waals surface area contributed by atoms with Crippen molar-refractivity contribution in [3.05, 3.63) is 91.9 Å². The number of nitrogens with one attached hydrogen (secondary N) is 4.